The monoisotopic (exact) mass is 395 g/mol. The van der Waals surface area contributed by atoms with E-state index < -0.39 is 11.7 Å². The largest absolute Gasteiger partial charge is 0.273 e. The Kier molecular flexibility index (Phi) is 5.16. The van der Waals surface area contributed by atoms with E-state index >= 15 is 0 Å². The number of para-hydroxylation sites is 1. The predicted octanol–water partition coefficient (Wildman–Crippen LogP) is 3.95. The maximum Gasteiger partial charge on any atom is 0.272 e. The number of fused-ring (bicyclic) bond motifs is 1. The molecular weight excluding hydrogens is 377 g/mol. The van der Waals surface area contributed by atoms with Crippen LogP contribution in [0.1, 0.15) is 34.1 Å². The number of carbonyl (C=O) groups excluding carboxylic acids is 2. The number of aromatic nitrogens is 1. The van der Waals surface area contributed by atoms with Crippen molar-refractivity contribution in [1.82, 2.24) is 15.8 Å². The molecular formula is C21H18FN3O2S. The summed E-state index contributed by atoms with van der Waals surface area (Å²) >= 11 is 1.59. The summed E-state index contributed by atoms with van der Waals surface area (Å²) in [6.45, 7) is 0. The summed E-state index contributed by atoms with van der Waals surface area (Å²) < 4.78 is 14.8. The minimum atomic E-state index is -0.686. The highest BCUT2D eigenvalue weighted by atomic mass is 32.1. The average molecular weight is 395 g/mol. The number of hydrazine groups is 1. The molecule has 142 valence electrons. The van der Waals surface area contributed by atoms with E-state index in [1.54, 1.807) is 17.4 Å². The van der Waals surface area contributed by atoms with Gasteiger partial charge in [0.1, 0.15) is 5.82 Å². The van der Waals surface area contributed by atoms with Gasteiger partial charge in [-0.1, -0.05) is 36.4 Å². The van der Waals surface area contributed by atoms with Gasteiger partial charge in [0, 0.05) is 5.92 Å². The molecule has 0 fully saturated rings. The fraction of sp³-hybridized carbons (Fsp3) is 0.190. The summed E-state index contributed by atoms with van der Waals surface area (Å²) in [4.78, 5) is 29.6. The highest BCUT2D eigenvalue weighted by Crippen LogP contribution is 2.38. The Labute approximate surface area is 165 Å². The van der Waals surface area contributed by atoms with Gasteiger partial charge in [-0.2, -0.15) is 0 Å². The zero-order chi connectivity index (χ0) is 19.5. The number of amides is 2. The first-order valence-electron chi connectivity index (χ1n) is 8.98. The SMILES string of the molecule is O=C(NNC(=O)C1CC=CCC1c1nc2ccccc2s1)c1ccccc1F. The van der Waals surface area contributed by atoms with E-state index in [1.807, 2.05) is 30.3 Å². The lowest BCUT2D eigenvalue weighted by molar-refractivity contribution is -0.126. The quantitative estimate of drug-likeness (QED) is 0.521. The minimum absolute atomic E-state index is 0.0623. The molecule has 1 aliphatic carbocycles. The standard InChI is InChI=1S/C21H18FN3O2S/c22-16-10-4-3-9-15(16)20(27)25-24-19(26)13-7-1-2-8-14(13)21-23-17-11-5-6-12-18(17)28-21/h1-6,9-14H,7-8H2,(H,24,26)(H,25,27). The highest BCUT2D eigenvalue weighted by molar-refractivity contribution is 7.18. The van der Waals surface area contributed by atoms with Crippen LogP contribution in [0.3, 0.4) is 0 Å². The van der Waals surface area contributed by atoms with Crippen LogP contribution in [-0.2, 0) is 4.79 Å². The molecule has 0 aliphatic heterocycles. The first-order chi connectivity index (χ1) is 13.6. The molecule has 2 atom stereocenters. The van der Waals surface area contributed by atoms with Crippen molar-refractivity contribution >= 4 is 33.4 Å². The minimum Gasteiger partial charge on any atom is -0.273 e. The van der Waals surface area contributed by atoms with Gasteiger partial charge in [0.15, 0.2) is 0 Å². The van der Waals surface area contributed by atoms with E-state index in [9.17, 15) is 14.0 Å². The number of rotatable bonds is 3. The number of halogens is 1. The van der Waals surface area contributed by atoms with Crippen molar-refractivity contribution in [3.05, 3.63) is 77.1 Å². The molecule has 0 saturated heterocycles. The summed E-state index contributed by atoms with van der Waals surface area (Å²) in [7, 11) is 0. The molecule has 28 heavy (non-hydrogen) atoms. The van der Waals surface area contributed by atoms with Gasteiger partial charge in [-0.05, 0) is 37.1 Å². The molecule has 4 rings (SSSR count). The molecule has 2 N–H and O–H groups in total. The fourth-order valence-corrected chi connectivity index (χ4v) is 4.50. The van der Waals surface area contributed by atoms with Crippen molar-refractivity contribution in [3.8, 4) is 0 Å². The maximum absolute atomic E-state index is 13.7. The zero-order valence-electron chi connectivity index (χ0n) is 14.9. The van der Waals surface area contributed by atoms with Gasteiger partial charge in [-0.15, -0.1) is 11.3 Å². The van der Waals surface area contributed by atoms with Gasteiger partial charge >= 0.3 is 0 Å². The third-order valence-electron chi connectivity index (χ3n) is 4.81. The van der Waals surface area contributed by atoms with E-state index in [4.69, 9.17) is 4.98 Å². The fourth-order valence-electron chi connectivity index (χ4n) is 3.35. The first kappa shape index (κ1) is 18.3. The maximum atomic E-state index is 13.7. The summed E-state index contributed by atoms with van der Waals surface area (Å²) in [5, 5.41) is 0.908. The van der Waals surface area contributed by atoms with E-state index in [2.05, 4.69) is 16.9 Å². The van der Waals surface area contributed by atoms with Crippen LogP contribution in [0.25, 0.3) is 10.2 Å². The number of hydrogen-bond donors (Lipinski definition) is 2. The number of thiazole rings is 1. The van der Waals surface area contributed by atoms with Gasteiger partial charge in [0.2, 0.25) is 5.91 Å². The van der Waals surface area contributed by atoms with Gasteiger partial charge < -0.3 is 0 Å². The molecule has 3 aromatic rings. The Morgan fingerprint density at radius 2 is 1.75 bits per heavy atom. The van der Waals surface area contributed by atoms with Crippen molar-refractivity contribution in [2.45, 2.75) is 18.8 Å². The average Bonchev–Trinajstić information content (AvgIpc) is 3.16. The Bertz CT molecular complexity index is 1030. The lowest BCUT2D eigenvalue weighted by Crippen LogP contribution is -2.46. The number of nitrogens with one attached hydrogen (secondary N) is 2. The number of hydrogen-bond acceptors (Lipinski definition) is 4. The zero-order valence-corrected chi connectivity index (χ0v) is 15.7. The smallest absolute Gasteiger partial charge is 0.272 e. The Morgan fingerprint density at radius 1 is 1.00 bits per heavy atom. The van der Waals surface area contributed by atoms with Crippen LogP contribution < -0.4 is 10.9 Å². The molecule has 0 bridgehead atoms. The van der Waals surface area contributed by atoms with Crippen LogP contribution >= 0.6 is 11.3 Å². The van der Waals surface area contributed by atoms with Crippen LogP contribution in [0.4, 0.5) is 4.39 Å². The normalized spacial score (nSPS) is 18.8. The number of carbonyl (C=O) groups is 2. The summed E-state index contributed by atoms with van der Waals surface area (Å²) in [6, 6.07) is 13.5. The van der Waals surface area contributed by atoms with Crippen LogP contribution in [0.15, 0.2) is 60.7 Å². The van der Waals surface area contributed by atoms with Crippen molar-refractivity contribution in [2.24, 2.45) is 5.92 Å². The number of allylic oxidation sites excluding steroid dienone is 2. The van der Waals surface area contributed by atoms with Crippen molar-refractivity contribution in [1.29, 1.82) is 0 Å². The Hall–Kier alpha value is -3.06. The van der Waals surface area contributed by atoms with E-state index in [0.29, 0.717) is 12.8 Å². The summed E-state index contributed by atoms with van der Waals surface area (Å²) in [5.74, 6) is -2.05. The molecule has 5 nitrogen and oxygen atoms in total. The third-order valence-corrected chi connectivity index (χ3v) is 5.98. The first-order valence-corrected chi connectivity index (χ1v) is 9.80. The molecule has 1 aliphatic rings. The van der Waals surface area contributed by atoms with E-state index in [1.165, 1.54) is 18.2 Å². The summed E-state index contributed by atoms with van der Waals surface area (Å²) in [6.07, 6.45) is 5.28. The van der Waals surface area contributed by atoms with Crippen LogP contribution in [0.5, 0.6) is 0 Å². The number of benzene rings is 2. The van der Waals surface area contributed by atoms with Crippen LogP contribution in [0.2, 0.25) is 0 Å². The van der Waals surface area contributed by atoms with Gasteiger partial charge in [0.25, 0.3) is 5.91 Å². The van der Waals surface area contributed by atoms with Gasteiger partial charge in [-0.25, -0.2) is 9.37 Å². The van der Waals surface area contributed by atoms with E-state index in [-0.39, 0.29) is 23.3 Å². The van der Waals surface area contributed by atoms with Gasteiger partial charge in [-0.3, -0.25) is 20.4 Å². The van der Waals surface area contributed by atoms with E-state index in [0.717, 1.165) is 15.2 Å². The topological polar surface area (TPSA) is 71.1 Å². The molecule has 2 amide bonds. The predicted molar refractivity (Wildman–Crippen MR) is 106 cm³/mol. The Morgan fingerprint density at radius 3 is 2.57 bits per heavy atom. The second-order valence-electron chi connectivity index (χ2n) is 6.60. The van der Waals surface area contributed by atoms with Crippen LogP contribution in [0, 0.1) is 11.7 Å². The molecule has 0 radical (unpaired) electrons. The van der Waals surface area contributed by atoms with Gasteiger partial charge in [0.05, 0.1) is 26.7 Å². The molecule has 7 heteroatoms. The Balaban J connectivity index is 1.48. The molecule has 1 aromatic heterocycles. The second kappa shape index (κ2) is 7.90. The highest BCUT2D eigenvalue weighted by Gasteiger charge is 2.32. The van der Waals surface area contributed by atoms with Crippen LogP contribution in [-0.4, -0.2) is 16.8 Å². The third kappa shape index (κ3) is 3.66. The second-order valence-corrected chi connectivity index (χ2v) is 7.66. The molecule has 2 unspecified atom stereocenters. The van der Waals surface area contributed by atoms with Crippen molar-refractivity contribution < 1.29 is 14.0 Å². The molecule has 2 aromatic carbocycles. The number of nitrogens with zero attached hydrogens (tertiary/aromatic N) is 1. The van der Waals surface area contributed by atoms with Crippen molar-refractivity contribution in [2.75, 3.05) is 0 Å². The molecule has 0 spiro atoms. The van der Waals surface area contributed by atoms with Crippen molar-refractivity contribution in [3.63, 3.8) is 0 Å². The lowest BCUT2D eigenvalue weighted by atomic mass is 9.83. The molecule has 0 saturated carbocycles. The molecule has 1 heterocycles. The summed E-state index contributed by atoms with van der Waals surface area (Å²) in [5.41, 5.74) is 5.57. The lowest BCUT2D eigenvalue weighted by Gasteiger charge is -2.26.